The van der Waals surface area contributed by atoms with Crippen molar-refractivity contribution in [1.29, 1.82) is 0 Å². The Labute approximate surface area is 113 Å². The Morgan fingerprint density at radius 1 is 1.21 bits per heavy atom. The number of benzene rings is 1. The van der Waals surface area contributed by atoms with Gasteiger partial charge >= 0.3 is 0 Å². The summed E-state index contributed by atoms with van der Waals surface area (Å²) in [5.74, 6) is 6.57. The molecule has 3 N–H and O–H groups in total. The average Bonchev–Trinajstić information content (AvgIpc) is 3.27. The second kappa shape index (κ2) is 5.88. The topological polar surface area (TPSA) is 65.7 Å². The van der Waals surface area contributed by atoms with Crippen LogP contribution < -0.4 is 16.0 Å². The first-order chi connectivity index (χ1) is 9.36. The van der Waals surface area contributed by atoms with E-state index < -0.39 is 0 Å². The van der Waals surface area contributed by atoms with Crippen LogP contribution in [0, 0.1) is 0 Å². The lowest BCUT2D eigenvalue weighted by Crippen LogP contribution is -2.43. The van der Waals surface area contributed by atoms with Crippen LogP contribution in [0.25, 0.3) is 0 Å². The van der Waals surface area contributed by atoms with Gasteiger partial charge in [0.1, 0.15) is 11.9 Å². The summed E-state index contributed by atoms with van der Waals surface area (Å²) in [6, 6.07) is 7.97. The van der Waals surface area contributed by atoms with E-state index in [1.54, 1.807) is 0 Å². The second-order valence-corrected chi connectivity index (χ2v) is 5.01. The highest BCUT2D eigenvalue weighted by Crippen LogP contribution is 2.28. The maximum atomic E-state index is 5.73. The van der Waals surface area contributed by atoms with E-state index in [1.165, 1.54) is 12.8 Å². The van der Waals surface area contributed by atoms with Gasteiger partial charge in [-0.25, -0.2) is 0 Å². The van der Waals surface area contributed by atoms with E-state index in [-0.39, 0.29) is 12.1 Å². The normalized spacial score (nSPS) is 25.0. The van der Waals surface area contributed by atoms with Crippen LogP contribution in [0.5, 0.6) is 5.75 Å². The van der Waals surface area contributed by atoms with Gasteiger partial charge in [0.2, 0.25) is 0 Å². The molecule has 1 heterocycles. The van der Waals surface area contributed by atoms with Gasteiger partial charge in [-0.05, 0) is 30.5 Å². The molecule has 1 saturated carbocycles. The standard InChI is InChI=1S/C14H20N2O3/c15-16-14(13-9-17-7-8-18-13)10-1-3-11(4-2-10)19-12-5-6-12/h1-4,12-14,16H,5-9,15H2. The molecule has 5 nitrogen and oxygen atoms in total. The van der Waals surface area contributed by atoms with E-state index in [0.717, 1.165) is 11.3 Å². The zero-order chi connectivity index (χ0) is 13.1. The van der Waals surface area contributed by atoms with Crippen molar-refractivity contribution in [2.45, 2.75) is 31.1 Å². The molecule has 104 valence electrons. The lowest BCUT2D eigenvalue weighted by molar-refractivity contribution is -0.102. The Hall–Kier alpha value is -1.14. The van der Waals surface area contributed by atoms with Crippen molar-refractivity contribution in [3.63, 3.8) is 0 Å². The third-order valence-corrected chi connectivity index (χ3v) is 3.46. The van der Waals surface area contributed by atoms with Gasteiger partial charge in [-0.15, -0.1) is 0 Å². The number of hydrogen-bond donors (Lipinski definition) is 2. The van der Waals surface area contributed by atoms with Crippen LogP contribution in [0.4, 0.5) is 0 Å². The van der Waals surface area contributed by atoms with Crippen LogP contribution in [0.3, 0.4) is 0 Å². The summed E-state index contributed by atoms with van der Waals surface area (Å²) in [6.45, 7) is 1.84. The van der Waals surface area contributed by atoms with Gasteiger partial charge in [0.25, 0.3) is 0 Å². The molecule has 2 fully saturated rings. The molecule has 0 aromatic heterocycles. The SMILES string of the molecule is NNC(c1ccc(OC2CC2)cc1)C1COCCO1. The zero-order valence-electron chi connectivity index (χ0n) is 10.9. The van der Waals surface area contributed by atoms with E-state index in [9.17, 15) is 0 Å². The minimum absolute atomic E-state index is 0.0473. The Morgan fingerprint density at radius 2 is 2.00 bits per heavy atom. The summed E-state index contributed by atoms with van der Waals surface area (Å²) in [6.07, 6.45) is 2.71. The van der Waals surface area contributed by atoms with Crippen molar-refractivity contribution in [2.24, 2.45) is 5.84 Å². The second-order valence-electron chi connectivity index (χ2n) is 5.01. The molecule has 3 rings (SSSR count). The lowest BCUT2D eigenvalue weighted by atomic mass is 10.0. The Bertz CT molecular complexity index is 400. The quantitative estimate of drug-likeness (QED) is 0.617. The Balaban J connectivity index is 1.67. The Morgan fingerprint density at radius 3 is 2.58 bits per heavy atom. The first-order valence-electron chi connectivity index (χ1n) is 6.79. The number of ether oxygens (including phenoxy) is 3. The third kappa shape index (κ3) is 3.25. The van der Waals surface area contributed by atoms with Gasteiger partial charge in [0.15, 0.2) is 0 Å². The van der Waals surface area contributed by atoms with Crippen LogP contribution in [0.2, 0.25) is 0 Å². The van der Waals surface area contributed by atoms with E-state index in [1.807, 2.05) is 24.3 Å². The van der Waals surface area contributed by atoms with Gasteiger partial charge < -0.3 is 14.2 Å². The summed E-state index contributed by atoms with van der Waals surface area (Å²) >= 11 is 0. The maximum absolute atomic E-state index is 5.73. The molecular formula is C14H20N2O3. The molecule has 1 aliphatic heterocycles. The van der Waals surface area contributed by atoms with Crippen LogP contribution in [-0.4, -0.2) is 32.0 Å². The van der Waals surface area contributed by atoms with Crippen LogP contribution in [0.1, 0.15) is 24.4 Å². The van der Waals surface area contributed by atoms with Gasteiger partial charge in [-0.3, -0.25) is 11.3 Å². The first-order valence-corrected chi connectivity index (χ1v) is 6.79. The number of nitrogens with two attached hydrogens (primary N) is 1. The summed E-state index contributed by atoms with van der Waals surface area (Å²) in [4.78, 5) is 0. The van der Waals surface area contributed by atoms with Gasteiger partial charge in [-0.2, -0.15) is 0 Å². The smallest absolute Gasteiger partial charge is 0.119 e. The summed E-state index contributed by atoms with van der Waals surface area (Å²) in [7, 11) is 0. The first kappa shape index (κ1) is 12.9. The van der Waals surface area contributed by atoms with Crippen molar-refractivity contribution in [1.82, 2.24) is 5.43 Å². The molecule has 5 heteroatoms. The van der Waals surface area contributed by atoms with Crippen LogP contribution in [0.15, 0.2) is 24.3 Å². The minimum atomic E-state index is -0.0599. The number of nitrogens with one attached hydrogen (secondary N) is 1. The minimum Gasteiger partial charge on any atom is -0.490 e. The number of rotatable bonds is 5. The van der Waals surface area contributed by atoms with E-state index in [2.05, 4.69) is 5.43 Å². The third-order valence-electron chi connectivity index (χ3n) is 3.46. The summed E-state index contributed by atoms with van der Waals surface area (Å²) in [5.41, 5.74) is 3.90. The lowest BCUT2D eigenvalue weighted by Gasteiger charge is -2.30. The predicted octanol–water partition coefficient (Wildman–Crippen LogP) is 1.15. The fourth-order valence-corrected chi connectivity index (χ4v) is 2.25. The molecule has 0 amide bonds. The van der Waals surface area contributed by atoms with Gasteiger partial charge in [-0.1, -0.05) is 12.1 Å². The molecule has 19 heavy (non-hydrogen) atoms. The van der Waals surface area contributed by atoms with E-state index >= 15 is 0 Å². The van der Waals surface area contributed by atoms with Crippen molar-refractivity contribution >= 4 is 0 Å². The molecule has 0 spiro atoms. The highest BCUT2D eigenvalue weighted by atomic mass is 16.6. The van der Waals surface area contributed by atoms with E-state index in [0.29, 0.717) is 25.9 Å². The molecule has 0 radical (unpaired) electrons. The van der Waals surface area contributed by atoms with Crippen molar-refractivity contribution in [3.8, 4) is 5.75 Å². The van der Waals surface area contributed by atoms with Crippen molar-refractivity contribution in [3.05, 3.63) is 29.8 Å². The fourth-order valence-electron chi connectivity index (χ4n) is 2.25. The van der Waals surface area contributed by atoms with Crippen molar-refractivity contribution in [2.75, 3.05) is 19.8 Å². The molecule has 1 aliphatic carbocycles. The molecule has 0 bridgehead atoms. The molecule has 2 aliphatic rings. The fraction of sp³-hybridized carbons (Fsp3) is 0.571. The van der Waals surface area contributed by atoms with Gasteiger partial charge in [0, 0.05) is 0 Å². The molecule has 2 unspecified atom stereocenters. The molecule has 1 aromatic carbocycles. The average molecular weight is 264 g/mol. The maximum Gasteiger partial charge on any atom is 0.119 e. The predicted molar refractivity (Wildman–Crippen MR) is 70.7 cm³/mol. The molecular weight excluding hydrogens is 244 g/mol. The van der Waals surface area contributed by atoms with Gasteiger partial charge in [0.05, 0.1) is 32.0 Å². The summed E-state index contributed by atoms with van der Waals surface area (Å²) < 4.78 is 16.8. The largest absolute Gasteiger partial charge is 0.490 e. The number of hydrazine groups is 1. The highest BCUT2D eigenvalue weighted by molar-refractivity contribution is 5.30. The Kier molecular flexibility index (Phi) is 3.98. The molecule has 1 saturated heterocycles. The van der Waals surface area contributed by atoms with E-state index in [4.69, 9.17) is 20.1 Å². The highest BCUT2D eigenvalue weighted by Gasteiger charge is 2.26. The van der Waals surface area contributed by atoms with Crippen LogP contribution in [-0.2, 0) is 9.47 Å². The summed E-state index contributed by atoms with van der Waals surface area (Å²) in [5, 5.41) is 0. The monoisotopic (exact) mass is 264 g/mol. The number of hydrogen-bond acceptors (Lipinski definition) is 5. The zero-order valence-corrected chi connectivity index (χ0v) is 10.9. The molecule has 1 aromatic rings. The molecule has 2 atom stereocenters. The van der Waals surface area contributed by atoms with Crippen LogP contribution >= 0.6 is 0 Å². The van der Waals surface area contributed by atoms with Crippen molar-refractivity contribution < 1.29 is 14.2 Å².